The Balaban J connectivity index is 2.33. The van der Waals surface area contributed by atoms with Crippen molar-refractivity contribution in [3.05, 3.63) is 29.8 Å². The first-order valence-electron chi connectivity index (χ1n) is 9.11. The molecule has 26 heavy (non-hydrogen) atoms. The smallest absolute Gasteiger partial charge is 0.329 e. The average molecular weight is 383 g/mol. The van der Waals surface area contributed by atoms with Crippen LogP contribution in [0.5, 0.6) is 0 Å². The van der Waals surface area contributed by atoms with Gasteiger partial charge in [0.25, 0.3) is 0 Å². The van der Waals surface area contributed by atoms with Crippen LogP contribution in [-0.2, 0) is 19.3 Å². The standard InChI is InChI=1S/C19H30N2O4S/c1-14(2)21(26(23,24)25-18(22)19(3,4)5)17-8-6-7-16(13-17)15-9-11-20-12-10-15/h6-8,13-15,20H,9-12H2,1-5H3. The van der Waals surface area contributed by atoms with Crippen LogP contribution in [0.3, 0.4) is 0 Å². The Kier molecular flexibility index (Phi) is 6.34. The van der Waals surface area contributed by atoms with Crippen molar-refractivity contribution in [1.82, 2.24) is 5.32 Å². The van der Waals surface area contributed by atoms with Crippen LogP contribution in [0.1, 0.15) is 58.9 Å². The van der Waals surface area contributed by atoms with Crippen LogP contribution in [0.15, 0.2) is 24.3 Å². The number of carbonyl (C=O) groups excluding carboxylic acids is 1. The fraction of sp³-hybridized carbons (Fsp3) is 0.632. The molecule has 0 radical (unpaired) electrons. The first-order chi connectivity index (χ1) is 12.0. The van der Waals surface area contributed by atoms with Crippen LogP contribution in [0.2, 0.25) is 0 Å². The monoisotopic (exact) mass is 382 g/mol. The van der Waals surface area contributed by atoms with Crippen molar-refractivity contribution in [1.29, 1.82) is 0 Å². The molecule has 6 nitrogen and oxygen atoms in total. The van der Waals surface area contributed by atoms with Gasteiger partial charge in [-0.15, -0.1) is 0 Å². The van der Waals surface area contributed by atoms with Crippen molar-refractivity contribution in [2.24, 2.45) is 5.41 Å². The lowest BCUT2D eigenvalue weighted by Gasteiger charge is -2.29. The van der Waals surface area contributed by atoms with Gasteiger partial charge >= 0.3 is 16.3 Å². The number of hydrogen-bond acceptors (Lipinski definition) is 5. The molecule has 0 spiro atoms. The van der Waals surface area contributed by atoms with E-state index < -0.39 is 21.7 Å². The Hall–Kier alpha value is -1.60. The molecule has 2 rings (SSSR count). The third-order valence-electron chi connectivity index (χ3n) is 4.44. The van der Waals surface area contributed by atoms with Crippen LogP contribution in [0, 0.1) is 5.41 Å². The van der Waals surface area contributed by atoms with Gasteiger partial charge in [-0.3, -0.25) is 4.79 Å². The molecular formula is C19H30N2O4S. The first kappa shape index (κ1) is 20.7. The molecule has 0 saturated carbocycles. The second-order valence-electron chi connectivity index (χ2n) is 8.09. The van der Waals surface area contributed by atoms with Crippen molar-refractivity contribution in [3.63, 3.8) is 0 Å². The highest BCUT2D eigenvalue weighted by Gasteiger charge is 2.34. The number of hydrogen-bond donors (Lipinski definition) is 1. The molecule has 1 heterocycles. The minimum Gasteiger partial charge on any atom is -0.329 e. The number of anilines is 1. The first-order valence-corrected chi connectivity index (χ1v) is 10.5. The summed E-state index contributed by atoms with van der Waals surface area (Å²) in [6.07, 6.45) is 2.05. The SMILES string of the molecule is CC(C)N(c1cccc(C2CCNCC2)c1)S(=O)(=O)OC(=O)C(C)(C)C. The summed E-state index contributed by atoms with van der Waals surface area (Å²) in [5, 5.41) is 3.34. The van der Waals surface area contributed by atoms with E-state index in [1.165, 1.54) is 4.31 Å². The fourth-order valence-electron chi connectivity index (χ4n) is 3.02. The molecule has 146 valence electrons. The second-order valence-corrected chi connectivity index (χ2v) is 9.50. The minimum absolute atomic E-state index is 0.379. The summed E-state index contributed by atoms with van der Waals surface area (Å²) in [5.41, 5.74) is 0.747. The highest BCUT2D eigenvalue weighted by molar-refractivity contribution is 7.88. The third kappa shape index (κ3) is 4.98. The molecule has 1 N–H and O–H groups in total. The Morgan fingerprint density at radius 3 is 2.38 bits per heavy atom. The zero-order valence-electron chi connectivity index (χ0n) is 16.3. The molecule has 0 aromatic heterocycles. The van der Waals surface area contributed by atoms with Crippen molar-refractivity contribution >= 4 is 22.0 Å². The Labute approximate surface area is 157 Å². The molecule has 1 aromatic carbocycles. The van der Waals surface area contributed by atoms with Gasteiger partial charge in [-0.25, -0.2) is 4.31 Å². The van der Waals surface area contributed by atoms with Gasteiger partial charge in [0.15, 0.2) is 0 Å². The van der Waals surface area contributed by atoms with Gasteiger partial charge in [-0.1, -0.05) is 12.1 Å². The van der Waals surface area contributed by atoms with E-state index in [0.717, 1.165) is 31.5 Å². The molecule has 1 fully saturated rings. The zero-order chi connectivity index (χ0) is 19.5. The third-order valence-corrected chi connectivity index (χ3v) is 5.91. The predicted molar refractivity (Wildman–Crippen MR) is 103 cm³/mol. The highest BCUT2D eigenvalue weighted by Crippen LogP contribution is 2.31. The number of carbonyl (C=O) groups is 1. The van der Waals surface area contributed by atoms with E-state index in [4.69, 9.17) is 4.18 Å². The van der Waals surface area contributed by atoms with Crippen molar-refractivity contribution in [2.75, 3.05) is 17.4 Å². The van der Waals surface area contributed by atoms with Gasteiger partial charge < -0.3 is 9.50 Å². The lowest BCUT2D eigenvalue weighted by molar-refractivity contribution is -0.142. The van der Waals surface area contributed by atoms with Gasteiger partial charge in [0, 0.05) is 6.04 Å². The van der Waals surface area contributed by atoms with Crippen molar-refractivity contribution < 1.29 is 17.4 Å². The number of rotatable bonds is 5. The van der Waals surface area contributed by atoms with E-state index in [-0.39, 0.29) is 6.04 Å². The predicted octanol–water partition coefficient (Wildman–Crippen LogP) is 3.20. The van der Waals surface area contributed by atoms with E-state index in [1.54, 1.807) is 40.7 Å². The lowest BCUT2D eigenvalue weighted by atomic mass is 9.90. The van der Waals surface area contributed by atoms with Crippen LogP contribution in [-0.4, -0.2) is 33.5 Å². The summed E-state index contributed by atoms with van der Waals surface area (Å²) in [7, 11) is -4.23. The number of piperidine rings is 1. The maximum absolute atomic E-state index is 12.8. The fourth-order valence-corrected chi connectivity index (χ4v) is 4.43. The quantitative estimate of drug-likeness (QED) is 0.846. The van der Waals surface area contributed by atoms with Crippen LogP contribution in [0.25, 0.3) is 0 Å². The lowest BCUT2D eigenvalue weighted by Crippen LogP contribution is -2.41. The van der Waals surface area contributed by atoms with E-state index >= 15 is 0 Å². The molecule has 0 aliphatic carbocycles. The average Bonchev–Trinajstić information content (AvgIpc) is 2.54. The number of nitrogens with one attached hydrogen (secondary N) is 1. The summed E-state index contributed by atoms with van der Waals surface area (Å²) < 4.78 is 31.7. The largest absolute Gasteiger partial charge is 0.412 e. The maximum Gasteiger partial charge on any atom is 0.412 e. The van der Waals surface area contributed by atoms with Crippen LogP contribution >= 0.6 is 0 Å². The van der Waals surface area contributed by atoms with Gasteiger partial charge in [0.1, 0.15) is 0 Å². The highest BCUT2D eigenvalue weighted by atomic mass is 32.2. The minimum atomic E-state index is -4.23. The Morgan fingerprint density at radius 1 is 1.23 bits per heavy atom. The topological polar surface area (TPSA) is 75.7 Å². The molecule has 1 saturated heterocycles. The molecular weight excluding hydrogens is 352 g/mol. The second kappa shape index (κ2) is 7.96. The van der Waals surface area contributed by atoms with E-state index in [1.807, 2.05) is 18.2 Å². The molecule has 0 bridgehead atoms. The molecule has 1 aromatic rings. The van der Waals surface area contributed by atoms with E-state index in [0.29, 0.717) is 11.6 Å². The molecule has 7 heteroatoms. The molecule has 1 aliphatic rings. The summed E-state index contributed by atoms with van der Waals surface area (Å²) in [4.78, 5) is 12.1. The maximum atomic E-state index is 12.8. The molecule has 0 unspecified atom stereocenters. The van der Waals surface area contributed by atoms with Gasteiger partial charge in [0.05, 0.1) is 11.1 Å². The summed E-state index contributed by atoms with van der Waals surface area (Å²) in [6.45, 7) is 10.3. The number of nitrogens with zero attached hydrogens (tertiary/aromatic N) is 1. The molecule has 1 aliphatic heterocycles. The van der Waals surface area contributed by atoms with Crippen molar-refractivity contribution in [2.45, 2.75) is 59.4 Å². The zero-order valence-corrected chi connectivity index (χ0v) is 17.1. The van der Waals surface area contributed by atoms with Gasteiger partial charge in [-0.2, -0.15) is 8.42 Å². The van der Waals surface area contributed by atoms with Crippen LogP contribution in [0.4, 0.5) is 5.69 Å². The summed E-state index contributed by atoms with van der Waals surface area (Å²) in [6, 6.07) is 7.16. The summed E-state index contributed by atoms with van der Waals surface area (Å²) >= 11 is 0. The number of benzene rings is 1. The van der Waals surface area contributed by atoms with Crippen molar-refractivity contribution in [3.8, 4) is 0 Å². The normalized spacial score (nSPS) is 16.5. The summed E-state index contributed by atoms with van der Waals surface area (Å²) in [5.74, 6) is -0.359. The van der Waals surface area contributed by atoms with Gasteiger partial charge in [-0.05, 0) is 84.2 Å². The molecule has 0 amide bonds. The van der Waals surface area contributed by atoms with E-state index in [2.05, 4.69) is 5.32 Å². The van der Waals surface area contributed by atoms with Gasteiger partial charge in [0.2, 0.25) is 0 Å². The molecule has 0 atom stereocenters. The Morgan fingerprint density at radius 2 is 1.85 bits per heavy atom. The Bertz CT molecular complexity index is 732. The van der Waals surface area contributed by atoms with Crippen LogP contribution < -0.4 is 9.62 Å². The van der Waals surface area contributed by atoms with E-state index in [9.17, 15) is 13.2 Å².